The fourth-order valence-electron chi connectivity index (χ4n) is 2.70. The minimum atomic E-state index is 0.293. The van der Waals surface area contributed by atoms with Crippen LogP contribution in [-0.4, -0.2) is 33.9 Å². The lowest BCUT2D eigenvalue weighted by atomic mass is 10.1. The van der Waals surface area contributed by atoms with E-state index in [9.17, 15) is 0 Å². The minimum absolute atomic E-state index is 0.293. The van der Waals surface area contributed by atoms with Gasteiger partial charge in [0.2, 0.25) is 0 Å². The molecule has 1 atom stereocenters. The molecule has 0 saturated carbocycles. The number of pyridine rings is 1. The van der Waals surface area contributed by atoms with Crippen LogP contribution in [0.25, 0.3) is 0 Å². The maximum absolute atomic E-state index is 9.13. The van der Waals surface area contributed by atoms with Gasteiger partial charge in [0, 0.05) is 38.6 Å². The molecule has 6 heteroatoms. The molecule has 0 aromatic carbocycles. The fourth-order valence-corrected chi connectivity index (χ4v) is 2.70. The zero-order valence-electron chi connectivity index (χ0n) is 12.0. The first-order valence-electron chi connectivity index (χ1n) is 7.11. The molecule has 2 aromatic heterocycles. The molecule has 6 nitrogen and oxygen atoms in total. The van der Waals surface area contributed by atoms with Crippen LogP contribution in [0.1, 0.15) is 18.4 Å². The molecule has 1 unspecified atom stereocenters. The molecule has 1 aliphatic rings. The van der Waals surface area contributed by atoms with Crippen LogP contribution < -0.4 is 10.2 Å². The highest BCUT2D eigenvalue weighted by Crippen LogP contribution is 2.21. The predicted octanol–water partition coefficient (Wildman–Crippen LogP) is 1.77. The predicted molar refractivity (Wildman–Crippen MR) is 81.0 cm³/mol. The molecule has 2 aromatic rings. The van der Waals surface area contributed by atoms with E-state index in [4.69, 9.17) is 5.26 Å². The summed E-state index contributed by atoms with van der Waals surface area (Å²) in [5, 5.41) is 16.8. The van der Waals surface area contributed by atoms with Gasteiger partial charge in [0.05, 0.1) is 17.4 Å². The lowest BCUT2D eigenvalue weighted by Crippen LogP contribution is -2.42. The summed E-state index contributed by atoms with van der Waals surface area (Å²) in [5.74, 6) is 0.679. The van der Waals surface area contributed by atoms with Crippen LogP contribution in [0.4, 0.5) is 11.5 Å². The third-order valence-electron chi connectivity index (χ3n) is 3.75. The summed E-state index contributed by atoms with van der Waals surface area (Å²) in [6.07, 6.45) is 7.83. The summed E-state index contributed by atoms with van der Waals surface area (Å²) in [6, 6.07) is 6.04. The van der Waals surface area contributed by atoms with Crippen molar-refractivity contribution in [2.75, 3.05) is 23.3 Å². The van der Waals surface area contributed by atoms with E-state index in [0.717, 1.165) is 31.6 Å². The van der Waals surface area contributed by atoms with Gasteiger partial charge in [-0.1, -0.05) is 0 Å². The van der Waals surface area contributed by atoms with Crippen molar-refractivity contribution in [1.29, 1.82) is 5.26 Å². The van der Waals surface area contributed by atoms with E-state index in [1.807, 2.05) is 24.1 Å². The number of nitriles is 1. The topological polar surface area (TPSA) is 69.8 Å². The molecule has 0 amide bonds. The average molecular weight is 282 g/mol. The van der Waals surface area contributed by atoms with Crippen molar-refractivity contribution >= 4 is 11.5 Å². The average Bonchev–Trinajstić information content (AvgIpc) is 2.95. The maximum atomic E-state index is 9.13. The van der Waals surface area contributed by atoms with Crippen LogP contribution in [-0.2, 0) is 7.05 Å². The highest BCUT2D eigenvalue weighted by Gasteiger charge is 2.21. The van der Waals surface area contributed by atoms with Crippen LogP contribution >= 0.6 is 0 Å². The van der Waals surface area contributed by atoms with E-state index in [2.05, 4.69) is 26.4 Å². The highest BCUT2D eigenvalue weighted by atomic mass is 15.3. The summed E-state index contributed by atoms with van der Waals surface area (Å²) >= 11 is 0. The molecular weight excluding hydrogens is 264 g/mol. The molecule has 0 radical (unpaired) electrons. The summed E-state index contributed by atoms with van der Waals surface area (Å²) in [7, 11) is 1.93. The van der Waals surface area contributed by atoms with Crippen LogP contribution in [0.5, 0.6) is 0 Å². The molecular formula is C15H18N6. The van der Waals surface area contributed by atoms with E-state index in [1.54, 1.807) is 18.3 Å². The van der Waals surface area contributed by atoms with Gasteiger partial charge in [0.15, 0.2) is 0 Å². The molecule has 1 fully saturated rings. The number of nitrogens with one attached hydrogen (secondary N) is 1. The van der Waals surface area contributed by atoms with Gasteiger partial charge in [-0.05, 0) is 25.0 Å². The Morgan fingerprint density at radius 1 is 1.48 bits per heavy atom. The largest absolute Gasteiger partial charge is 0.367 e. The summed E-state index contributed by atoms with van der Waals surface area (Å²) in [6.45, 7) is 1.93. The van der Waals surface area contributed by atoms with Gasteiger partial charge in [-0.2, -0.15) is 10.4 Å². The summed E-state index contributed by atoms with van der Waals surface area (Å²) in [5.41, 5.74) is 1.74. The van der Waals surface area contributed by atoms with Crippen LogP contribution in [0.15, 0.2) is 30.7 Å². The summed E-state index contributed by atoms with van der Waals surface area (Å²) in [4.78, 5) is 6.60. The van der Waals surface area contributed by atoms with Crippen molar-refractivity contribution in [2.24, 2.45) is 7.05 Å². The Bertz CT molecular complexity index is 656. The molecule has 0 spiro atoms. The monoisotopic (exact) mass is 282 g/mol. The molecule has 21 heavy (non-hydrogen) atoms. The number of anilines is 2. The second kappa shape index (κ2) is 5.83. The number of aryl methyl sites for hydroxylation is 1. The number of piperidine rings is 1. The van der Waals surface area contributed by atoms with Crippen LogP contribution in [0.3, 0.4) is 0 Å². The number of aromatic nitrogens is 3. The molecule has 0 bridgehead atoms. The van der Waals surface area contributed by atoms with Crippen LogP contribution in [0, 0.1) is 11.3 Å². The molecule has 3 heterocycles. The van der Waals surface area contributed by atoms with Crippen molar-refractivity contribution in [3.05, 3.63) is 36.3 Å². The molecule has 3 rings (SSSR count). The second-order valence-corrected chi connectivity index (χ2v) is 5.31. The molecule has 1 aliphatic heterocycles. The maximum Gasteiger partial charge on any atom is 0.144 e. The van der Waals surface area contributed by atoms with Crippen LogP contribution in [0.2, 0.25) is 0 Å². The molecule has 1 saturated heterocycles. The van der Waals surface area contributed by atoms with Gasteiger partial charge in [-0.3, -0.25) is 4.68 Å². The van der Waals surface area contributed by atoms with Crippen molar-refractivity contribution < 1.29 is 0 Å². The van der Waals surface area contributed by atoms with Crippen molar-refractivity contribution in [1.82, 2.24) is 14.8 Å². The van der Waals surface area contributed by atoms with Crippen molar-refractivity contribution in [3.63, 3.8) is 0 Å². The standard InChI is InChI=1S/C15H18N6/c1-20-11-14(9-18-20)21-7-3-5-13(10-21)19-15-12(8-16)4-2-6-17-15/h2,4,6,9,11,13H,3,5,7,10H2,1H3,(H,17,19). The number of hydrogen-bond donors (Lipinski definition) is 1. The van der Waals surface area contributed by atoms with Gasteiger partial charge in [-0.15, -0.1) is 0 Å². The van der Waals surface area contributed by atoms with E-state index < -0.39 is 0 Å². The van der Waals surface area contributed by atoms with E-state index in [1.165, 1.54) is 0 Å². The first kappa shape index (κ1) is 13.4. The number of nitrogens with zero attached hydrogens (tertiary/aromatic N) is 5. The fraction of sp³-hybridized carbons (Fsp3) is 0.400. The first-order valence-corrected chi connectivity index (χ1v) is 7.11. The Morgan fingerprint density at radius 3 is 3.14 bits per heavy atom. The van der Waals surface area contributed by atoms with Gasteiger partial charge in [-0.25, -0.2) is 4.98 Å². The minimum Gasteiger partial charge on any atom is -0.367 e. The summed E-state index contributed by atoms with van der Waals surface area (Å²) < 4.78 is 1.82. The SMILES string of the molecule is Cn1cc(N2CCCC(Nc3ncccc3C#N)C2)cn1. The number of hydrogen-bond acceptors (Lipinski definition) is 5. The van der Waals surface area contributed by atoms with E-state index >= 15 is 0 Å². The smallest absolute Gasteiger partial charge is 0.144 e. The third-order valence-corrected chi connectivity index (χ3v) is 3.75. The zero-order valence-corrected chi connectivity index (χ0v) is 12.0. The van der Waals surface area contributed by atoms with Gasteiger partial charge >= 0.3 is 0 Å². The molecule has 0 aliphatic carbocycles. The Balaban J connectivity index is 1.70. The third kappa shape index (κ3) is 2.97. The van der Waals surface area contributed by atoms with E-state index in [0.29, 0.717) is 17.4 Å². The zero-order chi connectivity index (χ0) is 14.7. The second-order valence-electron chi connectivity index (χ2n) is 5.31. The van der Waals surface area contributed by atoms with Gasteiger partial charge in [0.25, 0.3) is 0 Å². The Kier molecular flexibility index (Phi) is 3.73. The van der Waals surface area contributed by atoms with Gasteiger partial charge in [0.1, 0.15) is 11.9 Å². The lowest BCUT2D eigenvalue weighted by Gasteiger charge is -2.34. The lowest BCUT2D eigenvalue weighted by molar-refractivity contribution is 0.529. The van der Waals surface area contributed by atoms with Crippen molar-refractivity contribution in [3.8, 4) is 6.07 Å². The van der Waals surface area contributed by atoms with Gasteiger partial charge < -0.3 is 10.2 Å². The van der Waals surface area contributed by atoms with E-state index in [-0.39, 0.29) is 0 Å². The Morgan fingerprint density at radius 2 is 2.38 bits per heavy atom. The highest BCUT2D eigenvalue weighted by molar-refractivity contribution is 5.52. The quantitative estimate of drug-likeness (QED) is 0.929. The number of rotatable bonds is 3. The normalized spacial score (nSPS) is 18.3. The molecule has 108 valence electrons. The Labute approximate surface area is 124 Å². The molecule has 1 N–H and O–H groups in total. The Hall–Kier alpha value is -2.55. The first-order chi connectivity index (χ1) is 10.3. The van der Waals surface area contributed by atoms with Crippen molar-refractivity contribution in [2.45, 2.75) is 18.9 Å².